The van der Waals surface area contributed by atoms with Crippen molar-refractivity contribution in [2.24, 2.45) is 0 Å². The van der Waals surface area contributed by atoms with Crippen molar-refractivity contribution in [2.45, 2.75) is 25.4 Å². The quantitative estimate of drug-likeness (QED) is 0.753. The first kappa shape index (κ1) is 14.0. The number of hydrogen-bond donors (Lipinski definition) is 1. The minimum Gasteiger partial charge on any atom is -0.389 e. The molecule has 1 aromatic rings. The Morgan fingerprint density at radius 2 is 2.00 bits per heavy atom. The van der Waals surface area contributed by atoms with Gasteiger partial charge in [-0.25, -0.2) is 0 Å². The van der Waals surface area contributed by atoms with E-state index in [4.69, 9.17) is 9.84 Å². The third kappa shape index (κ3) is 4.65. The van der Waals surface area contributed by atoms with Gasteiger partial charge in [-0.3, -0.25) is 4.79 Å². The summed E-state index contributed by atoms with van der Waals surface area (Å²) in [5, 5.41) is 9.10. The number of carbonyl (C=O) groups excluding carboxylic acids is 1. The van der Waals surface area contributed by atoms with E-state index >= 15 is 0 Å². The highest BCUT2D eigenvalue weighted by atomic mass is 16.5. The number of rotatable bonds is 7. The Kier molecular flexibility index (Phi) is 5.36. The summed E-state index contributed by atoms with van der Waals surface area (Å²) in [6, 6.07) is 10.2. The lowest BCUT2D eigenvalue weighted by Crippen LogP contribution is -2.53. The maximum Gasteiger partial charge on any atom is 0.222 e. The molecule has 1 heterocycles. The van der Waals surface area contributed by atoms with Gasteiger partial charge in [-0.1, -0.05) is 30.3 Å². The predicted octanol–water partition coefficient (Wildman–Crippen LogP) is 1.23. The van der Waals surface area contributed by atoms with Gasteiger partial charge in [-0.05, 0) is 18.4 Å². The van der Waals surface area contributed by atoms with Gasteiger partial charge in [0.05, 0.1) is 12.7 Å². The number of amides is 1. The van der Waals surface area contributed by atoms with E-state index in [0.29, 0.717) is 32.7 Å². The molecule has 1 N–H and O–H groups in total. The van der Waals surface area contributed by atoms with Gasteiger partial charge in [0.25, 0.3) is 0 Å². The molecule has 1 amide bonds. The van der Waals surface area contributed by atoms with Crippen molar-refractivity contribution in [3.63, 3.8) is 0 Å². The van der Waals surface area contributed by atoms with Crippen molar-refractivity contribution in [1.82, 2.24) is 4.90 Å². The SMILES string of the molecule is O=C(CCCOCCc1ccccc1)N1CC(O)C1. The van der Waals surface area contributed by atoms with Gasteiger partial charge in [0.2, 0.25) is 5.91 Å². The van der Waals surface area contributed by atoms with Crippen LogP contribution in [-0.2, 0) is 16.0 Å². The van der Waals surface area contributed by atoms with Gasteiger partial charge < -0.3 is 14.7 Å². The van der Waals surface area contributed by atoms with Crippen LogP contribution in [0.25, 0.3) is 0 Å². The van der Waals surface area contributed by atoms with Crippen LogP contribution in [0.1, 0.15) is 18.4 Å². The number of nitrogens with zero attached hydrogens (tertiary/aromatic N) is 1. The molecule has 0 aliphatic carbocycles. The van der Waals surface area contributed by atoms with Crippen molar-refractivity contribution in [1.29, 1.82) is 0 Å². The fraction of sp³-hybridized carbons (Fsp3) is 0.533. The van der Waals surface area contributed by atoms with Crippen LogP contribution in [0.2, 0.25) is 0 Å². The molecule has 104 valence electrons. The number of β-amino-alcohol motifs (C(OH)–C–C–N with tert-alkyl or cyclic N) is 1. The lowest BCUT2D eigenvalue weighted by atomic mass is 10.1. The predicted molar refractivity (Wildman–Crippen MR) is 72.8 cm³/mol. The third-order valence-corrected chi connectivity index (χ3v) is 3.27. The maximum absolute atomic E-state index is 11.6. The Bertz CT molecular complexity index is 388. The highest BCUT2D eigenvalue weighted by Crippen LogP contribution is 2.10. The molecular formula is C15H21NO3. The summed E-state index contributed by atoms with van der Waals surface area (Å²) in [6.45, 7) is 2.30. The first-order valence-electron chi connectivity index (χ1n) is 6.83. The summed E-state index contributed by atoms with van der Waals surface area (Å²) in [5.74, 6) is 0.122. The van der Waals surface area contributed by atoms with Crippen LogP contribution in [0.3, 0.4) is 0 Å². The molecule has 1 aliphatic heterocycles. The van der Waals surface area contributed by atoms with E-state index < -0.39 is 0 Å². The fourth-order valence-corrected chi connectivity index (χ4v) is 2.08. The van der Waals surface area contributed by atoms with E-state index in [-0.39, 0.29) is 12.0 Å². The second kappa shape index (κ2) is 7.26. The normalized spacial score (nSPS) is 15.3. The van der Waals surface area contributed by atoms with Crippen LogP contribution in [0.4, 0.5) is 0 Å². The molecule has 0 unspecified atom stereocenters. The first-order valence-corrected chi connectivity index (χ1v) is 6.83. The number of aliphatic hydroxyl groups is 1. The second-order valence-corrected chi connectivity index (χ2v) is 4.90. The number of hydrogen-bond acceptors (Lipinski definition) is 3. The number of ether oxygens (including phenoxy) is 1. The Morgan fingerprint density at radius 3 is 2.68 bits per heavy atom. The third-order valence-electron chi connectivity index (χ3n) is 3.27. The van der Waals surface area contributed by atoms with E-state index in [1.165, 1.54) is 5.56 Å². The highest BCUT2D eigenvalue weighted by Gasteiger charge is 2.27. The van der Waals surface area contributed by atoms with Gasteiger partial charge in [0.1, 0.15) is 0 Å². The Hall–Kier alpha value is -1.39. The van der Waals surface area contributed by atoms with E-state index in [0.717, 1.165) is 12.8 Å². The summed E-state index contributed by atoms with van der Waals surface area (Å²) < 4.78 is 5.52. The zero-order valence-electron chi connectivity index (χ0n) is 11.1. The standard InChI is InChI=1S/C15H21NO3/c17-14-11-16(12-14)15(18)7-4-9-19-10-8-13-5-2-1-3-6-13/h1-3,5-6,14,17H,4,7-12H2. The van der Waals surface area contributed by atoms with Gasteiger partial charge in [0.15, 0.2) is 0 Å². The van der Waals surface area contributed by atoms with Crippen LogP contribution in [0.5, 0.6) is 0 Å². The minimum absolute atomic E-state index is 0.122. The average molecular weight is 263 g/mol. The number of carbonyl (C=O) groups is 1. The van der Waals surface area contributed by atoms with Crippen molar-refractivity contribution in [3.8, 4) is 0 Å². The van der Waals surface area contributed by atoms with Crippen LogP contribution < -0.4 is 0 Å². The fourth-order valence-electron chi connectivity index (χ4n) is 2.08. The molecule has 0 bridgehead atoms. The summed E-state index contributed by atoms with van der Waals surface area (Å²) in [4.78, 5) is 13.3. The molecule has 2 rings (SSSR count). The van der Waals surface area contributed by atoms with E-state index in [1.807, 2.05) is 18.2 Å². The van der Waals surface area contributed by atoms with Gasteiger partial charge >= 0.3 is 0 Å². The first-order chi connectivity index (χ1) is 9.25. The van der Waals surface area contributed by atoms with Crippen molar-refractivity contribution < 1.29 is 14.6 Å². The zero-order chi connectivity index (χ0) is 13.5. The Labute approximate surface area is 114 Å². The van der Waals surface area contributed by atoms with Gasteiger partial charge in [0, 0.05) is 26.1 Å². The highest BCUT2D eigenvalue weighted by molar-refractivity contribution is 5.77. The molecule has 0 spiro atoms. The van der Waals surface area contributed by atoms with Crippen LogP contribution in [-0.4, -0.2) is 48.3 Å². The molecular weight excluding hydrogens is 242 g/mol. The Morgan fingerprint density at radius 1 is 1.26 bits per heavy atom. The lowest BCUT2D eigenvalue weighted by Gasteiger charge is -2.35. The van der Waals surface area contributed by atoms with E-state index in [2.05, 4.69) is 12.1 Å². The second-order valence-electron chi connectivity index (χ2n) is 4.90. The molecule has 1 aliphatic rings. The molecule has 0 atom stereocenters. The number of benzene rings is 1. The van der Waals surface area contributed by atoms with Crippen LogP contribution in [0.15, 0.2) is 30.3 Å². The molecule has 1 saturated heterocycles. The zero-order valence-corrected chi connectivity index (χ0v) is 11.1. The molecule has 0 aromatic heterocycles. The summed E-state index contributed by atoms with van der Waals surface area (Å²) in [7, 11) is 0. The van der Waals surface area contributed by atoms with Crippen LogP contribution in [0, 0.1) is 0 Å². The summed E-state index contributed by atoms with van der Waals surface area (Å²) >= 11 is 0. The molecule has 0 saturated carbocycles. The number of likely N-dealkylation sites (tertiary alicyclic amines) is 1. The van der Waals surface area contributed by atoms with E-state index in [9.17, 15) is 4.79 Å². The van der Waals surface area contributed by atoms with Crippen molar-refractivity contribution >= 4 is 5.91 Å². The largest absolute Gasteiger partial charge is 0.389 e. The molecule has 4 nitrogen and oxygen atoms in total. The van der Waals surface area contributed by atoms with Gasteiger partial charge in [-0.15, -0.1) is 0 Å². The van der Waals surface area contributed by atoms with Gasteiger partial charge in [-0.2, -0.15) is 0 Å². The summed E-state index contributed by atoms with van der Waals surface area (Å²) in [5.41, 5.74) is 1.27. The van der Waals surface area contributed by atoms with Crippen LogP contribution >= 0.6 is 0 Å². The van der Waals surface area contributed by atoms with E-state index in [1.54, 1.807) is 4.90 Å². The molecule has 0 radical (unpaired) electrons. The lowest BCUT2D eigenvalue weighted by molar-refractivity contribution is -0.141. The smallest absolute Gasteiger partial charge is 0.222 e. The molecule has 19 heavy (non-hydrogen) atoms. The minimum atomic E-state index is -0.314. The molecule has 4 heteroatoms. The maximum atomic E-state index is 11.6. The Balaban J connectivity index is 1.47. The monoisotopic (exact) mass is 263 g/mol. The summed E-state index contributed by atoms with van der Waals surface area (Å²) in [6.07, 6.45) is 1.86. The number of aliphatic hydroxyl groups excluding tert-OH is 1. The average Bonchev–Trinajstić information content (AvgIpc) is 2.40. The topological polar surface area (TPSA) is 49.8 Å². The molecule has 1 fully saturated rings. The molecule has 1 aromatic carbocycles. The van der Waals surface area contributed by atoms with Crippen molar-refractivity contribution in [3.05, 3.63) is 35.9 Å². The van der Waals surface area contributed by atoms with Crippen molar-refractivity contribution in [2.75, 3.05) is 26.3 Å².